The Morgan fingerprint density at radius 2 is 0.943 bits per heavy atom. The Kier molecular flexibility index (Phi) is 16.0. The van der Waals surface area contributed by atoms with Crippen LogP contribution in [0.5, 0.6) is 11.5 Å². The number of nitrogens with two attached hydrogens (primary N) is 2. The highest BCUT2D eigenvalue weighted by atomic mass is 16.5. The van der Waals surface area contributed by atoms with Gasteiger partial charge < -0.3 is 35.2 Å². The first-order valence-corrected chi connectivity index (χ1v) is 11.9. The summed E-state index contributed by atoms with van der Waals surface area (Å²) in [6.07, 6.45) is 3.60. The van der Waals surface area contributed by atoms with E-state index in [2.05, 4.69) is 9.98 Å². The molecule has 0 bridgehead atoms. The molecule has 4 N–H and O–H groups in total. The standard InChI is InChI=1S/C26H38N4O5/c27-9-13-31-17-19-33-15-11-29-21-23-5-1-3-7-25(23)35-26-8-4-2-6-24(26)22-30-12-16-34-20-18-32-14-10-28/h1-8,21-22H,9-20,27-28H2. The number of ether oxygens (including phenoxy) is 5. The summed E-state index contributed by atoms with van der Waals surface area (Å²) in [6, 6.07) is 15.5. The number of benzene rings is 2. The van der Waals surface area contributed by atoms with Gasteiger partial charge in [0.2, 0.25) is 0 Å². The molecule has 0 radical (unpaired) electrons. The molecule has 0 saturated heterocycles. The van der Waals surface area contributed by atoms with Crippen molar-refractivity contribution in [2.24, 2.45) is 21.5 Å². The summed E-state index contributed by atoms with van der Waals surface area (Å²) in [4.78, 5) is 8.91. The summed E-state index contributed by atoms with van der Waals surface area (Å²) in [7, 11) is 0. The molecular formula is C26H38N4O5. The van der Waals surface area contributed by atoms with Crippen molar-refractivity contribution in [3.63, 3.8) is 0 Å². The fourth-order valence-electron chi connectivity index (χ4n) is 2.85. The summed E-state index contributed by atoms with van der Waals surface area (Å²) in [5.74, 6) is 1.43. The van der Waals surface area contributed by atoms with Gasteiger partial charge in [0.1, 0.15) is 11.5 Å². The Labute approximate surface area is 208 Å². The van der Waals surface area contributed by atoms with Crippen LogP contribution in [0.2, 0.25) is 0 Å². The van der Waals surface area contributed by atoms with Crippen LogP contribution in [0, 0.1) is 0 Å². The Hall–Kier alpha value is -2.66. The van der Waals surface area contributed by atoms with Gasteiger partial charge in [-0.1, -0.05) is 24.3 Å². The van der Waals surface area contributed by atoms with Crippen LogP contribution in [-0.4, -0.2) is 91.5 Å². The monoisotopic (exact) mass is 486 g/mol. The lowest BCUT2D eigenvalue weighted by molar-refractivity contribution is 0.0540. The van der Waals surface area contributed by atoms with E-state index >= 15 is 0 Å². The maximum absolute atomic E-state index is 6.21. The molecule has 0 aliphatic heterocycles. The number of hydrogen-bond acceptors (Lipinski definition) is 9. The number of aliphatic imine (C=N–C) groups is 2. The van der Waals surface area contributed by atoms with Gasteiger partial charge in [-0.05, 0) is 24.3 Å². The van der Waals surface area contributed by atoms with E-state index in [1.54, 1.807) is 12.4 Å². The first kappa shape index (κ1) is 28.6. The SMILES string of the molecule is NCCOCCOCCN=Cc1ccccc1Oc1ccccc1C=NCCOCCOCCN. The van der Waals surface area contributed by atoms with Gasteiger partial charge in [0.25, 0.3) is 0 Å². The van der Waals surface area contributed by atoms with E-state index in [1.807, 2.05) is 48.5 Å². The second-order valence-corrected chi connectivity index (χ2v) is 7.28. The molecule has 35 heavy (non-hydrogen) atoms. The van der Waals surface area contributed by atoms with Crippen molar-refractivity contribution in [2.45, 2.75) is 0 Å². The van der Waals surface area contributed by atoms with Crippen molar-refractivity contribution in [1.29, 1.82) is 0 Å². The number of para-hydroxylation sites is 2. The first-order valence-electron chi connectivity index (χ1n) is 11.9. The molecule has 9 nitrogen and oxygen atoms in total. The van der Waals surface area contributed by atoms with Crippen LogP contribution in [0.4, 0.5) is 0 Å². The second-order valence-electron chi connectivity index (χ2n) is 7.28. The minimum atomic E-state index is 0.518. The predicted octanol–water partition coefficient (Wildman–Crippen LogP) is 2.30. The zero-order chi connectivity index (χ0) is 24.8. The molecule has 2 aromatic rings. The Bertz CT molecular complexity index is 794. The summed E-state index contributed by atoms with van der Waals surface area (Å²) in [5, 5.41) is 0. The fourth-order valence-corrected chi connectivity index (χ4v) is 2.85. The molecule has 0 aliphatic carbocycles. The van der Waals surface area contributed by atoms with Gasteiger partial charge in [0.05, 0.1) is 65.9 Å². The Morgan fingerprint density at radius 3 is 1.37 bits per heavy atom. The molecule has 0 spiro atoms. The van der Waals surface area contributed by atoms with E-state index in [0.717, 1.165) is 11.1 Å². The third-order valence-corrected chi connectivity index (χ3v) is 4.52. The smallest absolute Gasteiger partial charge is 0.136 e. The summed E-state index contributed by atoms with van der Waals surface area (Å²) in [6.45, 7) is 6.42. The third-order valence-electron chi connectivity index (χ3n) is 4.52. The van der Waals surface area contributed by atoms with Crippen molar-refractivity contribution in [3.8, 4) is 11.5 Å². The second kappa shape index (κ2) is 19.6. The number of hydrogen-bond donors (Lipinski definition) is 2. The van der Waals surface area contributed by atoms with Gasteiger partial charge in [-0.2, -0.15) is 0 Å². The van der Waals surface area contributed by atoms with Crippen LogP contribution in [0.3, 0.4) is 0 Å². The van der Waals surface area contributed by atoms with Crippen molar-refractivity contribution in [1.82, 2.24) is 0 Å². The molecule has 0 aliphatic rings. The molecule has 0 unspecified atom stereocenters. The molecule has 0 aromatic heterocycles. The van der Waals surface area contributed by atoms with Gasteiger partial charge in [0, 0.05) is 36.6 Å². The van der Waals surface area contributed by atoms with Crippen LogP contribution in [0.25, 0.3) is 0 Å². The van der Waals surface area contributed by atoms with Gasteiger partial charge in [-0.25, -0.2) is 0 Å². The number of rotatable bonds is 20. The van der Waals surface area contributed by atoms with E-state index in [4.69, 9.17) is 35.2 Å². The predicted molar refractivity (Wildman–Crippen MR) is 139 cm³/mol. The van der Waals surface area contributed by atoms with E-state index < -0.39 is 0 Å². The largest absolute Gasteiger partial charge is 0.456 e. The highest BCUT2D eigenvalue weighted by molar-refractivity contribution is 5.85. The maximum atomic E-state index is 6.21. The van der Waals surface area contributed by atoms with E-state index in [0.29, 0.717) is 90.5 Å². The molecule has 0 atom stereocenters. The molecular weight excluding hydrogens is 448 g/mol. The van der Waals surface area contributed by atoms with Crippen molar-refractivity contribution >= 4 is 12.4 Å². The minimum absolute atomic E-state index is 0.518. The van der Waals surface area contributed by atoms with Gasteiger partial charge in [-0.15, -0.1) is 0 Å². The van der Waals surface area contributed by atoms with Gasteiger partial charge in [0.15, 0.2) is 0 Å². The molecule has 0 saturated carbocycles. The quantitative estimate of drug-likeness (QED) is 0.217. The molecule has 0 amide bonds. The van der Waals surface area contributed by atoms with Crippen LogP contribution in [0.1, 0.15) is 11.1 Å². The first-order chi connectivity index (χ1) is 17.3. The molecule has 2 aromatic carbocycles. The van der Waals surface area contributed by atoms with Crippen LogP contribution in [-0.2, 0) is 18.9 Å². The molecule has 9 heteroatoms. The maximum Gasteiger partial charge on any atom is 0.136 e. The van der Waals surface area contributed by atoms with Crippen molar-refractivity contribution in [3.05, 3.63) is 59.7 Å². The van der Waals surface area contributed by atoms with E-state index in [-0.39, 0.29) is 0 Å². The zero-order valence-corrected chi connectivity index (χ0v) is 20.3. The lowest BCUT2D eigenvalue weighted by atomic mass is 10.2. The molecule has 0 heterocycles. The highest BCUT2D eigenvalue weighted by Gasteiger charge is 2.06. The fraction of sp³-hybridized carbons (Fsp3) is 0.462. The molecule has 0 fully saturated rings. The Morgan fingerprint density at radius 1 is 0.543 bits per heavy atom. The van der Waals surface area contributed by atoms with Crippen molar-refractivity contribution < 1.29 is 23.7 Å². The normalized spacial score (nSPS) is 11.6. The van der Waals surface area contributed by atoms with E-state index in [9.17, 15) is 0 Å². The van der Waals surface area contributed by atoms with Crippen LogP contribution >= 0.6 is 0 Å². The summed E-state index contributed by atoms with van der Waals surface area (Å²) < 4.78 is 27.7. The third kappa shape index (κ3) is 13.1. The van der Waals surface area contributed by atoms with Crippen molar-refractivity contribution in [2.75, 3.05) is 79.0 Å². The summed E-state index contributed by atoms with van der Waals surface area (Å²) in [5.41, 5.74) is 12.5. The highest BCUT2D eigenvalue weighted by Crippen LogP contribution is 2.26. The lowest BCUT2D eigenvalue weighted by Gasteiger charge is -2.11. The summed E-state index contributed by atoms with van der Waals surface area (Å²) >= 11 is 0. The van der Waals surface area contributed by atoms with E-state index in [1.165, 1.54) is 0 Å². The topological polar surface area (TPSA) is 123 Å². The zero-order valence-electron chi connectivity index (χ0n) is 20.3. The molecule has 192 valence electrons. The lowest BCUT2D eigenvalue weighted by Crippen LogP contribution is -2.12. The van der Waals surface area contributed by atoms with Crippen LogP contribution in [0.15, 0.2) is 58.5 Å². The minimum Gasteiger partial charge on any atom is -0.456 e. The van der Waals surface area contributed by atoms with Gasteiger partial charge >= 0.3 is 0 Å². The van der Waals surface area contributed by atoms with Gasteiger partial charge in [-0.3, -0.25) is 9.98 Å². The number of nitrogens with zero attached hydrogens (tertiary/aromatic N) is 2. The average molecular weight is 487 g/mol. The average Bonchev–Trinajstić information content (AvgIpc) is 2.88. The molecule has 2 rings (SSSR count). The Balaban J connectivity index is 1.81. The van der Waals surface area contributed by atoms with Crippen LogP contribution < -0.4 is 16.2 Å².